The maximum Gasteiger partial charge on any atom is 0.306 e. The monoisotopic (exact) mass is 287 g/mol. The van der Waals surface area contributed by atoms with E-state index >= 15 is 0 Å². The quantitative estimate of drug-likeness (QED) is 0.837. The zero-order valence-electron chi connectivity index (χ0n) is 12.2. The molecule has 2 rings (SSSR count). The SMILES string of the molecule is Cc1ccc(/C=C/C(=O)NC2CCC(C(=O)O)CC2)cc1. The molecule has 1 aromatic carbocycles. The summed E-state index contributed by atoms with van der Waals surface area (Å²) in [6.45, 7) is 2.02. The van der Waals surface area contributed by atoms with Crippen molar-refractivity contribution in [3.63, 3.8) is 0 Å². The van der Waals surface area contributed by atoms with E-state index in [4.69, 9.17) is 5.11 Å². The minimum absolute atomic E-state index is 0.0933. The predicted molar refractivity (Wildman–Crippen MR) is 81.7 cm³/mol. The number of rotatable bonds is 4. The smallest absolute Gasteiger partial charge is 0.306 e. The van der Waals surface area contributed by atoms with Crippen LogP contribution in [0.15, 0.2) is 30.3 Å². The van der Waals surface area contributed by atoms with Gasteiger partial charge in [-0.3, -0.25) is 9.59 Å². The van der Waals surface area contributed by atoms with E-state index in [2.05, 4.69) is 5.32 Å². The van der Waals surface area contributed by atoms with Crippen molar-refractivity contribution in [3.05, 3.63) is 41.5 Å². The molecule has 1 aliphatic rings. The largest absolute Gasteiger partial charge is 0.481 e. The predicted octanol–water partition coefficient (Wildman–Crippen LogP) is 2.77. The molecule has 0 aromatic heterocycles. The number of aryl methyl sites for hydroxylation is 1. The van der Waals surface area contributed by atoms with Crippen molar-refractivity contribution in [1.29, 1.82) is 0 Å². The normalized spacial score (nSPS) is 22.1. The first-order valence-corrected chi connectivity index (χ1v) is 7.32. The van der Waals surface area contributed by atoms with Gasteiger partial charge in [0.2, 0.25) is 5.91 Å². The van der Waals surface area contributed by atoms with E-state index < -0.39 is 5.97 Å². The molecule has 1 fully saturated rings. The average Bonchev–Trinajstić information content (AvgIpc) is 2.47. The summed E-state index contributed by atoms with van der Waals surface area (Å²) in [5.41, 5.74) is 2.18. The van der Waals surface area contributed by atoms with Crippen LogP contribution in [0.2, 0.25) is 0 Å². The topological polar surface area (TPSA) is 66.4 Å². The maximum atomic E-state index is 11.9. The Kier molecular flexibility index (Phi) is 5.14. The number of benzene rings is 1. The summed E-state index contributed by atoms with van der Waals surface area (Å²) in [7, 11) is 0. The van der Waals surface area contributed by atoms with Crippen LogP contribution in [0.5, 0.6) is 0 Å². The third-order valence-corrected chi connectivity index (χ3v) is 3.93. The van der Waals surface area contributed by atoms with Gasteiger partial charge < -0.3 is 10.4 Å². The lowest BCUT2D eigenvalue weighted by Gasteiger charge is -2.26. The van der Waals surface area contributed by atoms with Crippen molar-refractivity contribution >= 4 is 18.0 Å². The van der Waals surface area contributed by atoms with Gasteiger partial charge in [-0.25, -0.2) is 0 Å². The standard InChI is InChI=1S/C17H21NO3/c1-12-2-4-13(5-3-12)6-11-16(19)18-15-9-7-14(8-10-15)17(20)21/h2-6,11,14-15H,7-10H2,1H3,(H,18,19)(H,20,21)/b11-6+. The van der Waals surface area contributed by atoms with Gasteiger partial charge >= 0.3 is 5.97 Å². The van der Waals surface area contributed by atoms with Crippen molar-refractivity contribution in [3.8, 4) is 0 Å². The van der Waals surface area contributed by atoms with Gasteiger partial charge in [0.15, 0.2) is 0 Å². The van der Waals surface area contributed by atoms with Crippen LogP contribution in [0.1, 0.15) is 36.8 Å². The number of aliphatic carboxylic acids is 1. The molecule has 0 saturated heterocycles. The molecule has 112 valence electrons. The molecular formula is C17H21NO3. The Morgan fingerprint density at radius 2 is 1.76 bits per heavy atom. The van der Waals surface area contributed by atoms with E-state index in [1.54, 1.807) is 6.08 Å². The summed E-state index contributed by atoms with van der Waals surface area (Å²) in [6.07, 6.45) is 6.08. The fraction of sp³-hybridized carbons (Fsp3) is 0.412. The number of carbonyl (C=O) groups excluding carboxylic acids is 1. The summed E-state index contributed by atoms with van der Waals surface area (Å²) >= 11 is 0. The highest BCUT2D eigenvalue weighted by Gasteiger charge is 2.26. The zero-order chi connectivity index (χ0) is 15.2. The number of hydrogen-bond acceptors (Lipinski definition) is 2. The minimum Gasteiger partial charge on any atom is -0.481 e. The Morgan fingerprint density at radius 3 is 2.33 bits per heavy atom. The van der Waals surface area contributed by atoms with Crippen molar-refractivity contribution < 1.29 is 14.7 Å². The van der Waals surface area contributed by atoms with Gasteiger partial charge in [0, 0.05) is 12.1 Å². The summed E-state index contributed by atoms with van der Waals surface area (Å²) < 4.78 is 0. The van der Waals surface area contributed by atoms with Crippen LogP contribution in [0, 0.1) is 12.8 Å². The Bertz CT molecular complexity index is 525. The molecule has 0 radical (unpaired) electrons. The molecule has 21 heavy (non-hydrogen) atoms. The number of carboxylic acid groups (broad SMARTS) is 1. The van der Waals surface area contributed by atoms with E-state index in [1.807, 2.05) is 31.2 Å². The number of carbonyl (C=O) groups is 2. The average molecular weight is 287 g/mol. The fourth-order valence-corrected chi connectivity index (χ4v) is 2.58. The summed E-state index contributed by atoms with van der Waals surface area (Å²) in [5.74, 6) is -1.09. The minimum atomic E-state index is -0.723. The van der Waals surface area contributed by atoms with Crippen LogP contribution in [0.3, 0.4) is 0 Å². The second kappa shape index (κ2) is 7.07. The molecule has 0 heterocycles. The molecule has 0 aliphatic heterocycles. The van der Waals surface area contributed by atoms with E-state index in [-0.39, 0.29) is 17.9 Å². The van der Waals surface area contributed by atoms with Crippen molar-refractivity contribution in [1.82, 2.24) is 5.32 Å². The van der Waals surface area contributed by atoms with Crippen LogP contribution in [0.25, 0.3) is 6.08 Å². The van der Waals surface area contributed by atoms with Gasteiger partial charge in [-0.1, -0.05) is 29.8 Å². The zero-order valence-corrected chi connectivity index (χ0v) is 12.2. The molecule has 1 saturated carbocycles. The molecular weight excluding hydrogens is 266 g/mol. The lowest BCUT2D eigenvalue weighted by molar-refractivity contribution is -0.142. The lowest BCUT2D eigenvalue weighted by Crippen LogP contribution is -2.37. The van der Waals surface area contributed by atoms with Gasteiger partial charge in [0.25, 0.3) is 0 Å². The van der Waals surface area contributed by atoms with Crippen LogP contribution in [-0.4, -0.2) is 23.0 Å². The molecule has 1 aliphatic carbocycles. The van der Waals surface area contributed by atoms with Crippen LogP contribution in [-0.2, 0) is 9.59 Å². The molecule has 0 unspecified atom stereocenters. The van der Waals surface area contributed by atoms with Gasteiger partial charge in [0.05, 0.1) is 5.92 Å². The Hall–Kier alpha value is -2.10. The second-order valence-electron chi connectivity index (χ2n) is 5.64. The summed E-state index contributed by atoms with van der Waals surface area (Å²) in [5, 5.41) is 11.9. The van der Waals surface area contributed by atoms with Gasteiger partial charge in [-0.2, -0.15) is 0 Å². The van der Waals surface area contributed by atoms with E-state index in [1.165, 1.54) is 11.6 Å². The van der Waals surface area contributed by atoms with Gasteiger partial charge in [-0.15, -0.1) is 0 Å². The van der Waals surface area contributed by atoms with Crippen LogP contribution >= 0.6 is 0 Å². The fourth-order valence-electron chi connectivity index (χ4n) is 2.58. The molecule has 0 spiro atoms. The highest BCUT2D eigenvalue weighted by Crippen LogP contribution is 2.24. The van der Waals surface area contributed by atoms with Crippen molar-refractivity contribution in [2.75, 3.05) is 0 Å². The van der Waals surface area contributed by atoms with Gasteiger partial charge in [-0.05, 0) is 44.2 Å². The van der Waals surface area contributed by atoms with Crippen molar-refractivity contribution in [2.24, 2.45) is 5.92 Å². The lowest BCUT2D eigenvalue weighted by atomic mass is 9.86. The van der Waals surface area contributed by atoms with E-state index in [0.29, 0.717) is 12.8 Å². The van der Waals surface area contributed by atoms with Crippen molar-refractivity contribution in [2.45, 2.75) is 38.6 Å². The summed E-state index contributed by atoms with van der Waals surface area (Å²) in [6, 6.07) is 8.04. The number of nitrogens with one attached hydrogen (secondary N) is 1. The van der Waals surface area contributed by atoms with E-state index in [0.717, 1.165) is 18.4 Å². The highest BCUT2D eigenvalue weighted by atomic mass is 16.4. The molecule has 0 bridgehead atoms. The number of carboxylic acids is 1. The molecule has 4 heteroatoms. The van der Waals surface area contributed by atoms with Gasteiger partial charge in [0.1, 0.15) is 0 Å². The van der Waals surface area contributed by atoms with E-state index in [9.17, 15) is 9.59 Å². The first-order chi connectivity index (χ1) is 10.0. The maximum absolute atomic E-state index is 11.9. The molecule has 0 atom stereocenters. The molecule has 1 amide bonds. The third kappa shape index (κ3) is 4.74. The molecule has 1 aromatic rings. The number of amides is 1. The second-order valence-corrected chi connectivity index (χ2v) is 5.64. The first kappa shape index (κ1) is 15.3. The third-order valence-electron chi connectivity index (χ3n) is 3.93. The Balaban J connectivity index is 1.80. The number of hydrogen-bond donors (Lipinski definition) is 2. The molecule has 4 nitrogen and oxygen atoms in total. The summed E-state index contributed by atoms with van der Waals surface area (Å²) in [4.78, 5) is 22.7. The molecule has 2 N–H and O–H groups in total. The Labute approximate surface area is 124 Å². The highest BCUT2D eigenvalue weighted by molar-refractivity contribution is 5.91. The van der Waals surface area contributed by atoms with Crippen LogP contribution < -0.4 is 5.32 Å². The van der Waals surface area contributed by atoms with Crippen LogP contribution in [0.4, 0.5) is 0 Å². The Morgan fingerprint density at radius 1 is 1.14 bits per heavy atom. The first-order valence-electron chi connectivity index (χ1n) is 7.32.